The lowest BCUT2D eigenvalue weighted by atomic mass is 10.0. The smallest absolute Gasteiger partial charge is 0.138 e. The summed E-state index contributed by atoms with van der Waals surface area (Å²) in [4.78, 5) is 10.4. The first-order chi connectivity index (χ1) is 16.5. The van der Waals surface area contributed by atoms with Crippen LogP contribution in [0.4, 0.5) is 0 Å². The lowest BCUT2D eigenvalue weighted by Gasteiger charge is -2.00. The normalized spacial score (nSPS) is 13.3. The molecule has 0 aliphatic carbocycles. The maximum atomic E-state index is 4.63. The van der Waals surface area contributed by atoms with Gasteiger partial charge in [0.1, 0.15) is 11.3 Å². The molecule has 170 valence electrons. The summed E-state index contributed by atoms with van der Waals surface area (Å²) in [7, 11) is 0. The van der Waals surface area contributed by atoms with Gasteiger partial charge in [0.15, 0.2) is 0 Å². The lowest BCUT2D eigenvalue weighted by molar-refractivity contribution is 1.06. The molecule has 34 heavy (non-hydrogen) atoms. The number of fused-ring (bicyclic) bond motifs is 1. The summed E-state index contributed by atoms with van der Waals surface area (Å²) in [6.45, 7) is 18.1. The highest BCUT2D eigenvalue weighted by molar-refractivity contribution is 7.16. The number of nitrogens with one attached hydrogen (secondary N) is 2. The van der Waals surface area contributed by atoms with Crippen molar-refractivity contribution in [3.05, 3.63) is 101 Å². The van der Waals surface area contributed by atoms with E-state index in [1.807, 2.05) is 51.3 Å². The molecule has 0 unspecified atom stereocenters. The summed E-state index contributed by atoms with van der Waals surface area (Å²) < 4.78 is 0. The van der Waals surface area contributed by atoms with Crippen molar-refractivity contribution in [2.45, 2.75) is 20.8 Å². The number of rotatable bonds is 7. The van der Waals surface area contributed by atoms with Gasteiger partial charge in [0.2, 0.25) is 0 Å². The number of aromatic nitrogens is 4. The molecule has 4 aromatic heterocycles. The van der Waals surface area contributed by atoms with Crippen LogP contribution in [0.25, 0.3) is 50.6 Å². The van der Waals surface area contributed by atoms with Crippen LogP contribution in [0.15, 0.2) is 85.6 Å². The zero-order chi connectivity index (χ0) is 24.2. The molecular formula is C29H28N4S. The molecular weight excluding hydrogens is 436 g/mol. The minimum absolute atomic E-state index is 0.829. The fourth-order valence-corrected chi connectivity index (χ4v) is 4.81. The maximum Gasteiger partial charge on any atom is 0.138 e. The van der Waals surface area contributed by atoms with Gasteiger partial charge in [-0.15, -0.1) is 11.3 Å². The maximum absolute atomic E-state index is 4.63. The molecule has 0 saturated carbocycles. The number of hydrogen-bond acceptors (Lipinski definition) is 3. The van der Waals surface area contributed by atoms with Crippen molar-refractivity contribution in [1.82, 2.24) is 20.2 Å². The molecule has 4 heterocycles. The second-order valence-electron chi connectivity index (χ2n) is 7.94. The van der Waals surface area contributed by atoms with E-state index in [1.165, 1.54) is 9.75 Å². The van der Waals surface area contributed by atoms with Gasteiger partial charge in [0, 0.05) is 32.1 Å². The quantitative estimate of drug-likeness (QED) is 0.305. The van der Waals surface area contributed by atoms with E-state index in [-0.39, 0.29) is 0 Å². The molecule has 0 saturated heterocycles. The molecule has 0 spiro atoms. The predicted molar refractivity (Wildman–Crippen MR) is 148 cm³/mol. The third-order valence-corrected chi connectivity index (χ3v) is 6.89. The summed E-state index contributed by atoms with van der Waals surface area (Å²) >= 11 is 1.74. The van der Waals surface area contributed by atoms with E-state index in [2.05, 4.69) is 70.2 Å². The molecule has 4 aromatic rings. The van der Waals surface area contributed by atoms with E-state index in [4.69, 9.17) is 0 Å². The molecule has 0 amide bonds. The highest BCUT2D eigenvalue weighted by Gasteiger charge is 2.14. The lowest BCUT2D eigenvalue weighted by Crippen LogP contribution is -2.23. The standard InChI is InChI=1S/C29H28N4S/c1-7-10-11-20(8-2)19(6)16-23-24(9-3)32-33-28(23)25-17-22-21(14-15-30-29(22)31-25)27-13-12-26(34-27)18(4)5/h7-17,32H,1,4,6H2,2-3,5H3,(H,30,31)/b11-10-,20-8+,23-16+,24-9+. The Balaban J connectivity index is 1.86. The van der Waals surface area contributed by atoms with Gasteiger partial charge >= 0.3 is 0 Å². The van der Waals surface area contributed by atoms with E-state index >= 15 is 0 Å². The van der Waals surface area contributed by atoms with Crippen LogP contribution in [0.3, 0.4) is 0 Å². The Kier molecular flexibility index (Phi) is 6.75. The minimum Gasteiger partial charge on any atom is -0.338 e. The van der Waals surface area contributed by atoms with E-state index in [0.717, 1.165) is 55.3 Å². The molecule has 0 radical (unpaired) electrons. The first kappa shape index (κ1) is 23.2. The Bertz CT molecular complexity index is 1580. The first-order valence-corrected chi connectivity index (χ1v) is 11.9. The highest BCUT2D eigenvalue weighted by atomic mass is 32.1. The molecule has 0 aliphatic heterocycles. The van der Waals surface area contributed by atoms with Crippen LogP contribution in [0.5, 0.6) is 0 Å². The van der Waals surface area contributed by atoms with Crippen molar-refractivity contribution in [1.29, 1.82) is 0 Å². The first-order valence-electron chi connectivity index (χ1n) is 11.1. The van der Waals surface area contributed by atoms with Gasteiger partial charge < -0.3 is 4.98 Å². The number of pyridine rings is 1. The Labute approximate surface area is 203 Å². The molecule has 5 heteroatoms. The Morgan fingerprint density at radius 1 is 1.15 bits per heavy atom. The van der Waals surface area contributed by atoms with Crippen molar-refractivity contribution < 1.29 is 0 Å². The predicted octanol–water partition coefficient (Wildman–Crippen LogP) is 6.54. The number of hydrogen-bond donors (Lipinski definition) is 2. The third-order valence-electron chi connectivity index (χ3n) is 5.61. The number of allylic oxidation sites excluding steroid dienone is 7. The number of thiophene rings is 1. The Morgan fingerprint density at radius 3 is 2.65 bits per heavy atom. The topological polar surface area (TPSA) is 57.4 Å². The van der Waals surface area contributed by atoms with Crippen LogP contribution in [0, 0.1) is 0 Å². The minimum atomic E-state index is 0.829. The second kappa shape index (κ2) is 9.89. The average Bonchev–Trinajstić information content (AvgIpc) is 3.57. The summed E-state index contributed by atoms with van der Waals surface area (Å²) in [5.41, 5.74) is 6.70. The molecule has 2 N–H and O–H groups in total. The van der Waals surface area contributed by atoms with Crippen molar-refractivity contribution in [2.24, 2.45) is 0 Å². The van der Waals surface area contributed by atoms with E-state index in [0.29, 0.717) is 0 Å². The summed E-state index contributed by atoms with van der Waals surface area (Å²) in [6, 6.07) is 8.45. The zero-order valence-electron chi connectivity index (χ0n) is 19.8. The van der Waals surface area contributed by atoms with Crippen LogP contribution < -0.4 is 10.6 Å². The SMILES string of the molecule is C=C/C=C\C(=C/C)C(=C)/C=c1/c(-c2cc3c(-c4ccc(C(=C)C)s4)ccnc3[nH]2)n[nH]/c1=C/C. The molecule has 0 aromatic carbocycles. The van der Waals surface area contributed by atoms with Crippen molar-refractivity contribution in [3.63, 3.8) is 0 Å². The summed E-state index contributed by atoms with van der Waals surface area (Å²) in [6.07, 6.45) is 13.6. The fraction of sp³-hybridized carbons (Fsp3) is 0.103. The fourth-order valence-electron chi connectivity index (χ4n) is 3.83. The molecule has 0 atom stereocenters. The van der Waals surface area contributed by atoms with Gasteiger partial charge in [-0.3, -0.25) is 5.10 Å². The van der Waals surface area contributed by atoms with E-state index in [9.17, 15) is 0 Å². The van der Waals surface area contributed by atoms with Gasteiger partial charge in [-0.05, 0) is 67.8 Å². The van der Waals surface area contributed by atoms with Crippen LogP contribution >= 0.6 is 11.3 Å². The van der Waals surface area contributed by atoms with Gasteiger partial charge in [0.05, 0.1) is 11.0 Å². The van der Waals surface area contributed by atoms with Gasteiger partial charge in [-0.1, -0.05) is 50.1 Å². The third kappa shape index (κ3) is 4.43. The highest BCUT2D eigenvalue weighted by Crippen LogP contribution is 2.36. The molecule has 4 nitrogen and oxygen atoms in total. The Hall–Kier alpha value is -3.96. The van der Waals surface area contributed by atoms with Crippen molar-refractivity contribution in [3.8, 4) is 21.8 Å². The largest absolute Gasteiger partial charge is 0.338 e. The summed E-state index contributed by atoms with van der Waals surface area (Å²) in [5.74, 6) is 0. The number of nitrogens with zero attached hydrogens (tertiary/aromatic N) is 2. The molecule has 0 fully saturated rings. The monoisotopic (exact) mass is 464 g/mol. The van der Waals surface area contributed by atoms with Crippen LogP contribution in [-0.2, 0) is 0 Å². The van der Waals surface area contributed by atoms with Gasteiger partial charge in [-0.2, -0.15) is 5.10 Å². The molecule has 0 aliphatic rings. The average molecular weight is 465 g/mol. The number of H-pyrrole nitrogens is 2. The van der Waals surface area contributed by atoms with E-state index in [1.54, 1.807) is 17.4 Å². The van der Waals surface area contributed by atoms with Crippen LogP contribution in [0.1, 0.15) is 25.6 Å². The summed E-state index contributed by atoms with van der Waals surface area (Å²) in [5, 5.41) is 10.8. The van der Waals surface area contributed by atoms with Gasteiger partial charge in [0.25, 0.3) is 0 Å². The molecule has 0 bridgehead atoms. The second-order valence-corrected chi connectivity index (χ2v) is 9.03. The number of aromatic amines is 2. The van der Waals surface area contributed by atoms with Crippen molar-refractivity contribution >= 4 is 40.1 Å². The van der Waals surface area contributed by atoms with Crippen LogP contribution in [0.2, 0.25) is 0 Å². The molecule has 4 rings (SSSR count). The zero-order valence-corrected chi connectivity index (χ0v) is 20.6. The Morgan fingerprint density at radius 2 is 1.97 bits per heavy atom. The van der Waals surface area contributed by atoms with Gasteiger partial charge in [-0.25, -0.2) is 4.98 Å². The van der Waals surface area contributed by atoms with Crippen molar-refractivity contribution in [2.75, 3.05) is 0 Å². The van der Waals surface area contributed by atoms with Crippen LogP contribution in [-0.4, -0.2) is 20.2 Å². The van der Waals surface area contributed by atoms with E-state index < -0.39 is 0 Å².